The zero-order chi connectivity index (χ0) is 15.2. The number of nitrogens with one attached hydrogen (secondary N) is 1. The van der Waals surface area contributed by atoms with E-state index in [0.717, 1.165) is 25.0 Å². The maximum absolute atomic E-state index is 12.4. The Morgan fingerprint density at radius 3 is 2.19 bits per heavy atom. The molecule has 4 nitrogen and oxygen atoms in total. The fraction of sp³-hybridized carbons (Fsp3) is 0.500. The lowest BCUT2D eigenvalue weighted by molar-refractivity contribution is -0.120. The maximum atomic E-state index is 12.4. The van der Waals surface area contributed by atoms with Crippen LogP contribution in [0.1, 0.15) is 19.3 Å². The summed E-state index contributed by atoms with van der Waals surface area (Å²) < 4.78 is 47.3. The lowest BCUT2D eigenvalue weighted by Gasteiger charge is -2.12. The first-order chi connectivity index (χ1) is 9.88. The minimum Gasteiger partial charge on any atom is -0.326 e. The predicted molar refractivity (Wildman–Crippen MR) is 72.6 cm³/mol. The van der Waals surface area contributed by atoms with Crippen molar-refractivity contribution >= 4 is 21.4 Å². The fourth-order valence-electron chi connectivity index (χ4n) is 3.00. The molecule has 1 amide bonds. The smallest absolute Gasteiger partial charge is 0.326 e. The Labute approximate surface area is 121 Å². The fourth-order valence-corrected chi connectivity index (χ4v) is 3.73. The van der Waals surface area contributed by atoms with Crippen molar-refractivity contribution in [1.82, 2.24) is 0 Å². The van der Waals surface area contributed by atoms with Crippen molar-refractivity contribution in [3.8, 4) is 0 Å². The molecule has 1 N–H and O–H groups in total. The van der Waals surface area contributed by atoms with E-state index in [4.69, 9.17) is 0 Å². The van der Waals surface area contributed by atoms with E-state index in [1.807, 2.05) is 0 Å². The Morgan fingerprint density at radius 2 is 1.67 bits per heavy atom. The van der Waals surface area contributed by atoms with Gasteiger partial charge in [0.2, 0.25) is 15.7 Å². The Kier molecular flexibility index (Phi) is 3.47. The summed E-state index contributed by atoms with van der Waals surface area (Å²) >= 11 is 0. The van der Waals surface area contributed by atoms with E-state index in [1.54, 1.807) is 0 Å². The van der Waals surface area contributed by atoms with E-state index in [2.05, 4.69) is 5.32 Å². The summed E-state index contributed by atoms with van der Waals surface area (Å²) in [5.74, 6) is -2.12. The number of sulfone groups is 1. The third-order valence-electron chi connectivity index (χ3n) is 4.30. The van der Waals surface area contributed by atoms with Crippen molar-refractivity contribution in [3.05, 3.63) is 24.3 Å². The van der Waals surface area contributed by atoms with Gasteiger partial charge in [0, 0.05) is 11.6 Å². The highest BCUT2D eigenvalue weighted by atomic mass is 32.2. The molecule has 2 aliphatic rings. The van der Waals surface area contributed by atoms with Crippen molar-refractivity contribution in [3.63, 3.8) is 0 Å². The molecule has 0 saturated heterocycles. The average molecular weight is 315 g/mol. The summed E-state index contributed by atoms with van der Waals surface area (Å²) in [6.45, 7) is 0. The van der Waals surface area contributed by atoms with E-state index >= 15 is 0 Å². The first-order valence-corrected chi connectivity index (χ1v) is 8.35. The van der Waals surface area contributed by atoms with Gasteiger partial charge in [-0.15, -0.1) is 0 Å². The van der Waals surface area contributed by atoms with E-state index in [0.29, 0.717) is 17.5 Å². The third kappa shape index (κ3) is 2.79. The molecule has 2 atom stereocenters. The van der Waals surface area contributed by atoms with Gasteiger partial charge >= 0.3 is 5.76 Å². The molecule has 0 bridgehead atoms. The summed E-state index contributed by atoms with van der Waals surface area (Å²) in [5.41, 5.74) is 0.425. The van der Waals surface area contributed by atoms with Gasteiger partial charge in [-0.05, 0) is 55.4 Å². The highest BCUT2D eigenvalue weighted by Gasteiger charge is 2.47. The lowest BCUT2D eigenvalue weighted by atomic mass is 10.0. The van der Waals surface area contributed by atoms with Crippen molar-refractivity contribution in [2.75, 3.05) is 5.32 Å². The van der Waals surface area contributed by atoms with Gasteiger partial charge in [0.05, 0.1) is 4.90 Å². The van der Waals surface area contributed by atoms with Gasteiger partial charge in [-0.25, -0.2) is 8.42 Å². The number of amides is 1. The Bertz CT molecular complexity index is 647. The molecule has 2 unspecified atom stereocenters. The Balaban J connectivity index is 1.66. The van der Waals surface area contributed by atoms with E-state index in [-0.39, 0.29) is 11.8 Å². The van der Waals surface area contributed by atoms with Crippen molar-refractivity contribution in [1.29, 1.82) is 0 Å². The van der Waals surface area contributed by atoms with Crippen LogP contribution >= 0.6 is 0 Å². The zero-order valence-corrected chi connectivity index (χ0v) is 11.9. The van der Waals surface area contributed by atoms with Crippen LogP contribution in [0.5, 0.6) is 0 Å². The van der Waals surface area contributed by atoms with Gasteiger partial charge in [-0.3, -0.25) is 4.79 Å². The van der Waals surface area contributed by atoms with Gasteiger partial charge in [-0.1, -0.05) is 0 Å². The average Bonchev–Trinajstić information content (AvgIpc) is 3.05. The number of hydrogen-bond donors (Lipinski definition) is 1. The minimum absolute atomic E-state index is 0.0122. The third-order valence-corrected chi connectivity index (χ3v) is 5.70. The molecule has 1 aromatic rings. The van der Waals surface area contributed by atoms with Crippen molar-refractivity contribution in [2.45, 2.75) is 29.9 Å². The quantitative estimate of drug-likeness (QED) is 0.929. The standard InChI is InChI=1S/C14H15F2NO3S/c15-14(16)21(19,20)12-3-1-11(2-4-12)17-13(18)10-6-8-5-9(8)7-10/h1-4,8-10,14H,5-7H2,(H,17,18). The highest BCUT2D eigenvalue weighted by molar-refractivity contribution is 7.91. The summed E-state index contributed by atoms with van der Waals surface area (Å²) in [6.07, 6.45) is 3.05. The number of anilines is 1. The molecular weight excluding hydrogens is 300 g/mol. The maximum Gasteiger partial charge on any atom is 0.341 e. The minimum atomic E-state index is -4.59. The molecule has 0 aromatic heterocycles. The Morgan fingerprint density at radius 1 is 1.10 bits per heavy atom. The van der Waals surface area contributed by atoms with Gasteiger partial charge in [0.15, 0.2) is 0 Å². The molecule has 0 spiro atoms. The molecule has 2 saturated carbocycles. The van der Waals surface area contributed by atoms with Crippen LogP contribution in [0.15, 0.2) is 29.2 Å². The normalized spacial score (nSPS) is 27.5. The molecule has 1 aromatic carbocycles. The number of hydrogen-bond acceptors (Lipinski definition) is 3. The summed E-state index contributed by atoms with van der Waals surface area (Å²) in [5, 5.41) is 2.71. The van der Waals surface area contributed by atoms with Gasteiger partial charge < -0.3 is 5.32 Å². The van der Waals surface area contributed by atoms with Gasteiger partial charge in [-0.2, -0.15) is 8.78 Å². The predicted octanol–water partition coefficient (Wildman–Crippen LogP) is 2.67. The molecule has 2 fully saturated rings. The number of benzene rings is 1. The van der Waals surface area contributed by atoms with E-state index in [9.17, 15) is 22.0 Å². The first kappa shape index (κ1) is 14.4. The van der Waals surface area contributed by atoms with E-state index < -0.39 is 20.5 Å². The number of carbonyl (C=O) groups excluding carboxylic acids is 1. The zero-order valence-electron chi connectivity index (χ0n) is 11.1. The van der Waals surface area contributed by atoms with Crippen LogP contribution in [0.4, 0.5) is 14.5 Å². The molecule has 3 rings (SSSR count). The molecule has 114 valence electrons. The molecule has 2 aliphatic carbocycles. The molecule has 0 aliphatic heterocycles. The van der Waals surface area contributed by atoms with Crippen LogP contribution in [0.25, 0.3) is 0 Å². The number of fused-ring (bicyclic) bond motifs is 1. The number of alkyl halides is 2. The van der Waals surface area contributed by atoms with Crippen LogP contribution in [-0.4, -0.2) is 20.1 Å². The van der Waals surface area contributed by atoms with Crippen molar-refractivity contribution < 1.29 is 22.0 Å². The second-order valence-electron chi connectivity index (χ2n) is 5.74. The van der Waals surface area contributed by atoms with Crippen LogP contribution in [0.3, 0.4) is 0 Å². The van der Waals surface area contributed by atoms with E-state index in [1.165, 1.54) is 18.6 Å². The molecule has 0 heterocycles. The molecule has 21 heavy (non-hydrogen) atoms. The largest absolute Gasteiger partial charge is 0.341 e. The SMILES string of the molecule is O=C(Nc1ccc(S(=O)(=O)C(F)F)cc1)C1CC2CC2C1. The summed E-state index contributed by atoms with van der Waals surface area (Å²) in [7, 11) is -4.59. The second-order valence-corrected chi connectivity index (χ2v) is 7.66. The van der Waals surface area contributed by atoms with Gasteiger partial charge in [0.25, 0.3) is 0 Å². The second kappa shape index (κ2) is 5.05. The molecule has 0 radical (unpaired) electrons. The van der Waals surface area contributed by atoms with Crippen LogP contribution < -0.4 is 5.32 Å². The molecular formula is C14H15F2NO3S. The van der Waals surface area contributed by atoms with Crippen LogP contribution in [0.2, 0.25) is 0 Å². The van der Waals surface area contributed by atoms with Crippen LogP contribution in [-0.2, 0) is 14.6 Å². The Hall–Kier alpha value is -1.50. The van der Waals surface area contributed by atoms with Gasteiger partial charge in [0.1, 0.15) is 0 Å². The summed E-state index contributed by atoms with van der Waals surface area (Å²) in [6, 6.07) is 4.85. The van der Waals surface area contributed by atoms with Crippen LogP contribution in [0, 0.1) is 17.8 Å². The lowest BCUT2D eigenvalue weighted by Crippen LogP contribution is -2.21. The topological polar surface area (TPSA) is 63.2 Å². The monoisotopic (exact) mass is 315 g/mol. The number of halogens is 2. The number of carbonyl (C=O) groups is 1. The first-order valence-electron chi connectivity index (χ1n) is 6.81. The number of rotatable bonds is 4. The highest BCUT2D eigenvalue weighted by Crippen LogP contribution is 2.54. The van der Waals surface area contributed by atoms with Crippen molar-refractivity contribution in [2.24, 2.45) is 17.8 Å². The molecule has 7 heteroatoms. The summed E-state index contributed by atoms with van der Waals surface area (Å²) in [4.78, 5) is 11.6.